The summed E-state index contributed by atoms with van der Waals surface area (Å²) in [4.78, 5) is 2.24. The standard InChI is InChI=1S/C21H23F3N6O/c1-31-19-8-7-16(30-20(21(22,23)24)26-27-28-30)11-15(19)12-29-10-9-18(25)17(13-29)14-5-3-2-4-6-14/h2-8,11,17-18H,9-10,12-13,25H2,1H3. The molecular formula is C21H23F3N6O. The van der Waals surface area contributed by atoms with Crippen molar-refractivity contribution in [3.8, 4) is 11.4 Å². The van der Waals surface area contributed by atoms with Crippen LogP contribution in [0.4, 0.5) is 13.2 Å². The molecule has 2 atom stereocenters. The number of ether oxygens (including phenoxy) is 1. The molecule has 31 heavy (non-hydrogen) atoms. The third kappa shape index (κ3) is 4.54. The summed E-state index contributed by atoms with van der Waals surface area (Å²) in [6.07, 6.45) is -3.83. The molecule has 1 aliphatic rings. The molecule has 1 aromatic heterocycles. The zero-order chi connectivity index (χ0) is 22.0. The van der Waals surface area contributed by atoms with Gasteiger partial charge in [-0.15, -0.1) is 5.10 Å². The Balaban J connectivity index is 1.60. The Hall–Kier alpha value is -2.98. The summed E-state index contributed by atoms with van der Waals surface area (Å²) in [5.41, 5.74) is 8.55. The van der Waals surface area contributed by atoms with E-state index < -0.39 is 12.0 Å². The fraction of sp³-hybridized carbons (Fsp3) is 0.381. The highest BCUT2D eigenvalue weighted by atomic mass is 19.4. The highest BCUT2D eigenvalue weighted by Gasteiger charge is 2.38. The van der Waals surface area contributed by atoms with Gasteiger partial charge in [-0.2, -0.15) is 17.9 Å². The SMILES string of the molecule is COc1ccc(-n2nnnc2C(F)(F)F)cc1CN1CCC(N)C(c2ccccc2)C1. The van der Waals surface area contributed by atoms with Crippen LogP contribution in [0, 0.1) is 0 Å². The summed E-state index contributed by atoms with van der Waals surface area (Å²) in [5.74, 6) is -0.395. The monoisotopic (exact) mass is 432 g/mol. The van der Waals surface area contributed by atoms with Crippen LogP contribution >= 0.6 is 0 Å². The minimum absolute atomic E-state index is 0.0578. The normalized spacial score (nSPS) is 20.0. The Morgan fingerprint density at radius 3 is 2.65 bits per heavy atom. The number of rotatable bonds is 5. The molecule has 3 aromatic rings. The maximum absolute atomic E-state index is 13.2. The van der Waals surface area contributed by atoms with Gasteiger partial charge in [-0.25, -0.2) is 0 Å². The quantitative estimate of drug-likeness (QED) is 0.668. The molecule has 4 rings (SSSR count). The molecule has 0 amide bonds. The maximum atomic E-state index is 13.2. The van der Waals surface area contributed by atoms with E-state index in [2.05, 4.69) is 32.6 Å². The summed E-state index contributed by atoms with van der Waals surface area (Å²) in [5, 5.41) is 9.84. The fourth-order valence-electron chi connectivity index (χ4n) is 4.03. The molecule has 0 bridgehead atoms. The van der Waals surface area contributed by atoms with Crippen LogP contribution in [0.5, 0.6) is 5.75 Å². The van der Waals surface area contributed by atoms with Gasteiger partial charge < -0.3 is 10.5 Å². The van der Waals surface area contributed by atoms with E-state index in [0.29, 0.717) is 17.0 Å². The van der Waals surface area contributed by atoms with Gasteiger partial charge in [-0.3, -0.25) is 4.90 Å². The molecule has 0 spiro atoms. The molecule has 0 aliphatic carbocycles. The number of likely N-dealkylation sites (tertiary alicyclic amines) is 1. The molecular weight excluding hydrogens is 409 g/mol. The number of nitrogens with two attached hydrogens (primary N) is 1. The molecule has 164 valence electrons. The lowest BCUT2D eigenvalue weighted by molar-refractivity contribution is -0.146. The van der Waals surface area contributed by atoms with Crippen molar-refractivity contribution in [1.29, 1.82) is 0 Å². The number of tetrazole rings is 1. The summed E-state index contributed by atoms with van der Waals surface area (Å²) in [7, 11) is 1.54. The van der Waals surface area contributed by atoms with E-state index in [0.717, 1.165) is 25.1 Å². The number of aromatic nitrogens is 4. The van der Waals surface area contributed by atoms with Gasteiger partial charge in [0.15, 0.2) is 0 Å². The minimum atomic E-state index is -4.66. The van der Waals surface area contributed by atoms with E-state index in [9.17, 15) is 13.2 Å². The van der Waals surface area contributed by atoms with Crippen molar-refractivity contribution in [2.24, 2.45) is 5.73 Å². The minimum Gasteiger partial charge on any atom is -0.496 e. The van der Waals surface area contributed by atoms with Gasteiger partial charge >= 0.3 is 6.18 Å². The Morgan fingerprint density at radius 1 is 1.16 bits per heavy atom. The van der Waals surface area contributed by atoms with Crippen molar-refractivity contribution in [3.63, 3.8) is 0 Å². The fourth-order valence-corrected chi connectivity index (χ4v) is 4.03. The van der Waals surface area contributed by atoms with Gasteiger partial charge in [-0.1, -0.05) is 30.3 Å². The molecule has 10 heteroatoms. The average molecular weight is 432 g/mol. The van der Waals surface area contributed by atoms with Crippen molar-refractivity contribution in [2.75, 3.05) is 20.2 Å². The van der Waals surface area contributed by atoms with E-state index >= 15 is 0 Å². The molecule has 2 aromatic carbocycles. The van der Waals surface area contributed by atoms with Crippen molar-refractivity contribution in [3.05, 3.63) is 65.5 Å². The Bertz CT molecular complexity index is 1020. The maximum Gasteiger partial charge on any atom is 0.453 e. The first-order valence-corrected chi connectivity index (χ1v) is 9.92. The molecule has 1 fully saturated rings. The topological polar surface area (TPSA) is 82.1 Å². The van der Waals surface area contributed by atoms with Crippen LogP contribution in [0.25, 0.3) is 5.69 Å². The smallest absolute Gasteiger partial charge is 0.453 e. The van der Waals surface area contributed by atoms with Crippen LogP contribution in [-0.2, 0) is 12.7 Å². The predicted octanol–water partition coefficient (Wildman–Crippen LogP) is 3.01. The van der Waals surface area contributed by atoms with Gasteiger partial charge in [0.1, 0.15) is 5.75 Å². The largest absolute Gasteiger partial charge is 0.496 e. The third-order valence-electron chi connectivity index (χ3n) is 5.60. The third-order valence-corrected chi connectivity index (χ3v) is 5.60. The van der Waals surface area contributed by atoms with Gasteiger partial charge in [0.2, 0.25) is 0 Å². The Labute approximate surface area is 177 Å². The van der Waals surface area contributed by atoms with Crippen LogP contribution in [0.15, 0.2) is 48.5 Å². The molecule has 2 heterocycles. The van der Waals surface area contributed by atoms with Crippen LogP contribution in [0.2, 0.25) is 0 Å². The molecule has 2 N–H and O–H groups in total. The summed E-state index contributed by atoms with van der Waals surface area (Å²) in [6.45, 7) is 2.05. The molecule has 2 unspecified atom stereocenters. The summed E-state index contributed by atoms with van der Waals surface area (Å²) in [6, 6.07) is 15.0. The van der Waals surface area contributed by atoms with Crippen molar-refractivity contribution in [1.82, 2.24) is 25.1 Å². The van der Waals surface area contributed by atoms with Gasteiger partial charge in [0.25, 0.3) is 5.82 Å². The van der Waals surface area contributed by atoms with E-state index in [1.165, 1.54) is 18.7 Å². The lowest BCUT2D eigenvalue weighted by Gasteiger charge is -2.37. The highest BCUT2D eigenvalue weighted by Crippen LogP contribution is 2.32. The average Bonchev–Trinajstić information content (AvgIpc) is 3.26. The lowest BCUT2D eigenvalue weighted by atomic mass is 9.86. The number of hydrogen-bond donors (Lipinski definition) is 1. The van der Waals surface area contributed by atoms with Crippen LogP contribution < -0.4 is 10.5 Å². The van der Waals surface area contributed by atoms with Crippen molar-refractivity contribution in [2.45, 2.75) is 31.1 Å². The number of methoxy groups -OCH3 is 1. The van der Waals surface area contributed by atoms with E-state index in [-0.39, 0.29) is 17.6 Å². The Kier molecular flexibility index (Phi) is 5.92. The van der Waals surface area contributed by atoms with Crippen molar-refractivity contribution < 1.29 is 17.9 Å². The number of alkyl halides is 3. The molecule has 7 nitrogen and oxygen atoms in total. The van der Waals surface area contributed by atoms with Gasteiger partial charge in [0.05, 0.1) is 12.8 Å². The number of piperidine rings is 1. The summed E-state index contributed by atoms with van der Waals surface area (Å²) >= 11 is 0. The first-order valence-electron chi connectivity index (χ1n) is 9.92. The van der Waals surface area contributed by atoms with Crippen LogP contribution in [0.1, 0.15) is 29.3 Å². The molecule has 1 aliphatic heterocycles. The first kappa shape index (κ1) is 21.3. The first-order chi connectivity index (χ1) is 14.9. The molecule has 1 saturated heterocycles. The summed E-state index contributed by atoms with van der Waals surface area (Å²) < 4.78 is 45.8. The van der Waals surface area contributed by atoms with Crippen LogP contribution in [-0.4, -0.2) is 51.3 Å². The zero-order valence-corrected chi connectivity index (χ0v) is 17.0. The lowest BCUT2D eigenvalue weighted by Crippen LogP contribution is -2.45. The van der Waals surface area contributed by atoms with Crippen molar-refractivity contribution >= 4 is 0 Å². The number of halogens is 3. The van der Waals surface area contributed by atoms with E-state index in [4.69, 9.17) is 10.5 Å². The second-order valence-electron chi connectivity index (χ2n) is 7.61. The molecule has 0 radical (unpaired) electrons. The van der Waals surface area contributed by atoms with E-state index in [1.54, 1.807) is 12.1 Å². The highest BCUT2D eigenvalue weighted by molar-refractivity contribution is 5.44. The second kappa shape index (κ2) is 8.64. The van der Waals surface area contributed by atoms with Crippen LogP contribution in [0.3, 0.4) is 0 Å². The zero-order valence-electron chi connectivity index (χ0n) is 17.0. The number of hydrogen-bond acceptors (Lipinski definition) is 6. The molecule has 0 saturated carbocycles. The van der Waals surface area contributed by atoms with Gasteiger partial charge in [-0.05, 0) is 40.6 Å². The number of nitrogens with zero attached hydrogens (tertiary/aromatic N) is 5. The van der Waals surface area contributed by atoms with Gasteiger partial charge in [0, 0.05) is 37.2 Å². The predicted molar refractivity (Wildman–Crippen MR) is 108 cm³/mol. The Morgan fingerprint density at radius 2 is 1.94 bits per heavy atom. The van der Waals surface area contributed by atoms with E-state index in [1.807, 2.05) is 18.2 Å². The second-order valence-corrected chi connectivity index (χ2v) is 7.61. The number of benzene rings is 2.